The van der Waals surface area contributed by atoms with E-state index in [-0.39, 0.29) is 5.82 Å². The molecule has 0 aliphatic heterocycles. The molecule has 0 heterocycles. The highest BCUT2D eigenvalue weighted by molar-refractivity contribution is 5.26. The van der Waals surface area contributed by atoms with Crippen molar-refractivity contribution in [3.63, 3.8) is 0 Å². The number of aliphatic hydroxyl groups excluding tert-OH is 1. The van der Waals surface area contributed by atoms with Crippen LogP contribution in [0, 0.1) is 12.7 Å². The third-order valence-corrected chi connectivity index (χ3v) is 3.25. The molecule has 1 atom stereocenters. The van der Waals surface area contributed by atoms with Crippen LogP contribution in [0.2, 0.25) is 0 Å². The number of aliphatic hydroxyl groups is 2. The minimum Gasteiger partial charge on any atom is -0.387 e. The van der Waals surface area contributed by atoms with Crippen molar-refractivity contribution < 1.29 is 14.6 Å². The highest BCUT2D eigenvalue weighted by atomic mass is 19.1. The van der Waals surface area contributed by atoms with Gasteiger partial charge in [-0.2, -0.15) is 0 Å². The standard InChI is InChI=1S/C13H19FO2/c1-4-13(16,5-2)12(15)10-7-6-9(3)11(14)8-10/h6-8,12,15-16H,4-5H2,1-3H3. The lowest BCUT2D eigenvalue weighted by Crippen LogP contribution is -2.34. The quantitative estimate of drug-likeness (QED) is 0.828. The minimum atomic E-state index is -1.18. The molecule has 0 saturated heterocycles. The molecular formula is C13H19FO2. The summed E-state index contributed by atoms with van der Waals surface area (Å²) in [5.74, 6) is -0.355. The van der Waals surface area contributed by atoms with E-state index in [1.165, 1.54) is 6.07 Å². The Morgan fingerprint density at radius 3 is 2.31 bits per heavy atom. The summed E-state index contributed by atoms with van der Waals surface area (Å²) in [5, 5.41) is 20.2. The number of rotatable bonds is 4. The van der Waals surface area contributed by atoms with E-state index in [9.17, 15) is 14.6 Å². The molecule has 16 heavy (non-hydrogen) atoms. The average molecular weight is 226 g/mol. The van der Waals surface area contributed by atoms with E-state index in [0.717, 1.165) is 0 Å². The van der Waals surface area contributed by atoms with Crippen molar-refractivity contribution in [1.82, 2.24) is 0 Å². The Balaban J connectivity index is 3.04. The van der Waals surface area contributed by atoms with E-state index in [1.54, 1.807) is 32.9 Å². The van der Waals surface area contributed by atoms with E-state index in [0.29, 0.717) is 24.0 Å². The van der Waals surface area contributed by atoms with E-state index in [1.807, 2.05) is 0 Å². The van der Waals surface area contributed by atoms with Crippen LogP contribution in [0.4, 0.5) is 4.39 Å². The predicted octanol–water partition coefficient (Wildman–Crippen LogP) is 2.72. The molecule has 90 valence electrons. The van der Waals surface area contributed by atoms with Gasteiger partial charge in [0.2, 0.25) is 0 Å². The summed E-state index contributed by atoms with van der Waals surface area (Å²) >= 11 is 0. The first kappa shape index (κ1) is 13.1. The third-order valence-electron chi connectivity index (χ3n) is 3.25. The van der Waals surface area contributed by atoms with Crippen LogP contribution in [0.25, 0.3) is 0 Å². The molecule has 1 unspecified atom stereocenters. The van der Waals surface area contributed by atoms with Crippen molar-refractivity contribution in [3.05, 3.63) is 35.1 Å². The van der Waals surface area contributed by atoms with Gasteiger partial charge in [-0.25, -0.2) is 4.39 Å². The summed E-state index contributed by atoms with van der Waals surface area (Å²) in [6, 6.07) is 4.55. The Kier molecular flexibility index (Phi) is 4.05. The van der Waals surface area contributed by atoms with Crippen LogP contribution < -0.4 is 0 Å². The van der Waals surface area contributed by atoms with Gasteiger partial charge in [-0.05, 0) is 37.0 Å². The van der Waals surface area contributed by atoms with Crippen LogP contribution in [0.1, 0.15) is 43.9 Å². The van der Waals surface area contributed by atoms with Gasteiger partial charge in [0.1, 0.15) is 11.9 Å². The maximum absolute atomic E-state index is 13.3. The minimum absolute atomic E-state index is 0.355. The Bertz CT molecular complexity index is 359. The first-order valence-corrected chi connectivity index (χ1v) is 5.61. The molecule has 0 spiro atoms. The summed E-state index contributed by atoms with van der Waals surface area (Å²) in [6.45, 7) is 5.27. The molecule has 3 heteroatoms. The summed E-state index contributed by atoms with van der Waals surface area (Å²) < 4.78 is 13.3. The number of hydrogen-bond donors (Lipinski definition) is 2. The normalized spacial score (nSPS) is 13.9. The maximum atomic E-state index is 13.3. The lowest BCUT2D eigenvalue weighted by molar-refractivity contribution is -0.0821. The smallest absolute Gasteiger partial charge is 0.126 e. The zero-order valence-electron chi connectivity index (χ0n) is 10.00. The second-order valence-corrected chi connectivity index (χ2v) is 4.22. The van der Waals surface area contributed by atoms with Gasteiger partial charge < -0.3 is 10.2 Å². The molecule has 0 aliphatic carbocycles. The summed E-state index contributed by atoms with van der Waals surface area (Å²) in [6.07, 6.45) is -0.182. The van der Waals surface area contributed by atoms with E-state index in [2.05, 4.69) is 0 Å². The molecule has 1 aromatic rings. The van der Waals surface area contributed by atoms with Crippen LogP contribution >= 0.6 is 0 Å². The number of benzene rings is 1. The Hall–Kier alpha value is -0.930. The van der Waals surface area contributed by atoms with Gasteiger partial charge in [0.15, 0.2) is 0 Å². The molecule has 0 saturated carbocycles. The monoisotopic (exact) mass is 226 g/mol. The molecule has 0 amide bonds. The van der Waals surface area contributed by atoms with Gasteiger partial charge in [-0.1, -0.05) is 26.0 Å². The van der Waals surface area contributed by atoms with Crippen molar-refractivity contribution in [1.29, 1.82) is 0 Å². The van der Waals surface area contributed by atoms with Gasteiger partial charge in [0.25, 0.3) is 0 Å². The molecule has 0 aromatic heterocycles. The fourth-order valence-corrected chi connectivity index (χ4v) is 1.73. The molecule has 1 rings (SSSR count). The van der Waals surface area contributed by atoms with Crippen molar-refractivity contribution in [2.24, 2.45) is 0 Å². The lowest BCUT2D eigenvalue weighted by atomic mass is 9.86. The molecule has 2 nitrogen and oxygen atoms in total. The van der Waals surface area contributed by atoms with Gasteiger partial charge in [0, 0.05) is 0 Å². The largest absolute Gasteiger partial charge is 0.387 e. The second kappa shape index (κ2) is 4.93. The Morgan fingerprint density at radius 1 is 1.31 bits per heavy atom. The van der Waals surface area contributed by atoms with Crippen LogP contribution in [0.3, 0.4) is 0 Å². The van der Waals surface area contributed by atoms with E-state index >= 15 is 0 Å². The molecule has 0 radical (unpaired) electrons. The first-order chi connectivity index (χ1) is 7.44. The zero-order valence-corrected chi connectivity index (χ0v) is 10.00. The third kappa shape index (κ3) is 2.42. The lowest BCUT2D eigenvalue weighted by Gasteiger charge is -2.31. The molecule has 2 N–H and O–H groups in total. The van der Waals surface area contributed by atoms with Crippen molar-refractivity contribution >= 4 is 0 Å². The van der Waals surface area contributed by atoms with E-state index < -0.39 is 11.7 Å². The number of hydrogen-bond acceptors (Lipinski definition) is 2. The van der Waals surface area contributed by atoms with Crippen LogP contribution in [0.5, 0.6) is 0 Å². The highest BCUT2D eigenvalue weighted by Gasteiger charge is 2.33. The van der Waals surface area contributed by atoms with E-state index in [4.69, 9.17) is 0 Å². The SMILES string of the molecule is CCC(O)(CC)C(O)c1ccc(C)c(F)c1. The molecule has 0 aliphatic rings. The molecule has 0 bridgehead atoms. The van der Waals surface area contributed by atoms with Gasteiger partial charge in [0.05, 0.1) is 5.60 Å². The van der Waals surface area contributed by atoms with Crippen molar-refractivity contribution in [2.45, 2.75) is 45.3 Å². The van der Waals surface area contributed by atoms with Crippen LogP contribution in [-0.4, -0.2) is 15.8 Å². The first-order valence-electron chi connectivity index (χ1n) is 5.61. The zero-order chi connectivity index (χ0) is 12.3. The number of aryl methyl sites for hydroxylation is 1. The summed E-state index contributed by atoms with van der Waals surface area (Å²) in [7, 11) is 0. The molecule has 1 aromatic carbocycles. The van der Waals surface area contributed by atoms with Gasteiger partial charge in [-0.15, -0.1) is 0 Å². The highest BCUT2D eigenvalue weighted by Crippen LogP contribution is 2.32. The van der Waals surface area contributed by atoms with Crippen LogP contribution in [0.15, 0.2) is 18.2 Å². The van der Waals surface area contributed by atoms with Crippen molar-refractivity contribution in [2.75, 3.05) is 0 Å². The predicted molar refractivity (Wildman–Crippen MR) is 61.6 cm³/mol. The second-order valence-electron chi connectivity index (χ2n) is 4.22. The Morgan fingerprint density at radius 2 is 1.88 bits per heavy atom. The van der Waals surface area contributed by atoms with Crippen molar-refractivity contribution in [3.8, 4) is 0 Å². The average Bonchev–Trinajstić information content (AvgIpc) is 2.30. The fraction of sp³-hybridized carbons (Fsp3) is 0.538. The fourth-order valence-electron chi connectivity index (χ4n) is 1.73. The topological polar surface area (TPSA) is 40.5 Å². The summed E-state index contributed by atoms with van der Waals surface area (Å²) in [5.41, 5.74) is -0.219. The maximum Gasteiger partial charge on any atom is 0.126 e. The van der Waals surface area contributed by atoms with Crippen LogP contribution in [-0.2, 0) is 0 Å². The summed E-state index contributed by atoms with van der Waals surface area (Å²) in [4.78, 5) is 0. The molecule has 0 fully saturated rings. The number of halogens is 1. The van der Waals surface area contributed by atoms with Gasteiger partial charge in [-0.3, -0.25) is 0 Å². The molecular weight excluding hydrogens is 207 g/mol. The van der Waals surface area contributed by atoms with Gasteiger partial charge >= 0.3 is 0 Å². The Labute approximate surface area is 95.7 Å².